The van der Waals surface area contributed by atoms with Gasteiger partial charge in [0, 0.05) is 41.3 Å². The first-order valence-corrected chi connectivity index (χ1v) is 8.54. The summed E-state index contributed by atoms with van der Waals surface area (Å²) in [4.78, 5) is 12.8. The van der Waals surface area contributed by atoms with E-state index in [0.29, 0.717) is 27.7 Å². The minimum atomic E-state index is -1.26. The topological polar surface area (TPSA) is 64.9 Å². The van der Waals surface area contributed by atoms with Crippen LogP contribution in [0.25, 0.3) is 11.2 Å². The van der Waals surface area contributed by atoms with Crippen molar-refractivity contribution < 1.29 is 17.9 Å². The maximum atomic E-state index is 13.9. The highest BCUT2D eigenvalue weighted by atomic mass is 127. The largest absolute Gasteiger partial charge is 0.358 e. The van der Waals surface area contributed by atoms with Gasteiger partial charge < -0.3 is 10.1 Å². The van der Waals surface area contributed by atoms with Gasteiger partial charge in [-0.1, -0.05) is 0 Å². The second-order valence-corrected chi connectivity index (χ2v) is 6.47. The number of hydrogen-bond acceptors (Lipinski definition) is 5. The van der Waals surface area contributed by atoms with Crippen molar-refractivity contribution in [3.8, 4) is 0 Å². The third-order valence-corrected chi connectivity index (χ3v) is 4.36. The van der Waals surface area contributed by atoms with Crippen LogP contribution < -0.4 is 5.32 Å². The summed E-state index contributed by atoms with van der Waals surface area (Å²) in [5, 5.41) is 2.67. The van der Waals surface area contributed by atoms with Gasteiger partial charge in [0.1, 0.15) is 12.0 Å². The number of nitrogens with one attached hydrogen (secondary N) is 1. The van der Waals surface area contributed by atoms with E-state index in [1.54, 1.807) is 10.9 Å². The first-order chi connectivity index (χ1) is 12.0. The van der Waals surface area contributed by atoms with E-state index in [2.05, 4.69) is 20.3 Å². The Morgan fingerprint density at radius 3 is 2.72 bits per heavy atom. The van der Waals surface area contributed by atoms with Gasteiger partial charge in [-0.3, -0.25) is 4.57 Å². The molecule has 0 bridgehead atoms. The lowest BCUT2D eigenvalue weighted by atomic mass is 10.2. The van der Waals surface area contributed by atoms with Crippen LogP contribution in [0.15, 0.2) is 18.5 Å². The molecule has 130 valence electrons. The van der Waals surface area contributed by atoms with Crippen LogP contribution in [-0.2, 0) is 4.74 Å². The molecule has 10 heteroatoms. The second kappa shape index (κ2) is 6.41. The summed E-state index contributed by atoms with van der Waals surface area (Å²) in [7, 11) is 0. The Balaban J connectivity index is 1.78. The van der Waals surface area contributed by atoms with Gasteiger partial charge in [-0.2, -0.15) is 0 Å². The molecule has 0 aliphatic carbocycles. The van der Waals surface area contributed by atoms with E-state index in [-0.39, 0.29) is 17.7 Å². The molecule has 3 heterocycles. The molecule has 0 amide bonds. The molecule has 2 aromatic heterocycles. The summed E-state index contributed by atoms with van der Waals surface area (Å²) >= 11 is 1.92. The zero-order chi connectivity index (χ0) is 17.6. The van der Waals surface area contributed by atoms with Gasteiger partial charge >= 0.3 is 0 Å². The molecule has 1 saturated heterocycles. The van der Waals surface area contributed by atoms with Crippen molar-refractivity contribution >= 4 is 45.3 Å². The van der Waals surface area contributed by atoms with Crippen LogP contribution in [-0.4, -0.2) is 26.1 Å². The number of rotatable bonds is 3. The number of imidazole rings is 1. The molecular formula is C15H11F3IN5O. The summed E-state index contributed by atoms with van der Waals surface area (Å²) in [5.41, 5.74) is 0.679. The molecule has 25 heavy (non-hydrogen) atoms. The Bertz CT molecular complexity index is 958. The number of benzene rings is 1. The minimum Gasteiger partial charge on any atom is -0.358 e. The number of halogens is 4. The van der Waals surface area contributed by atoms with Crippen LogP contribution in [0, 0.1) is 21.3 Å². The molecule has 1 atom stereocenters. The van der Waals surface area contributed by atoms with E-state index in [4.69, 9.17) is 4.74 Å². The van der Waals surface area contributed by atoms with E-state index in [1.807, 2.05) is 22.6 Å². The fourth-order valence-corrected chi connectivity index (χ4v) is 3.18. The molecule has 1 aromatic carbocycles. The van der Waals surface area contributed by atoms with Gasteiger partial charge in [0.2, 0.25) is 0 Å². The standard InChI is InChI=1S/C15H11F3IN5O/c16-7-4-9(18)10(5-8(7)17)21-13-12-14(23-15(19)22-13)24(6-20-12)11-2-1-3-25-11/h4-6,11H,1-3H2,(H,21,22,23). The summed E-state index contributed by atoms with van der Waals surface area (Å²) in [5.74, 6) is -3.14. The number of fused-ring (bicyclic) bond motifs is 1. The third kappa shape index (κ3) is 3.03. The SMILES string of the molecule is Fc1cc(F)c(Nc2nc(I)nc3c2ncn3C2CCCO2)cc1F. The molecule has 1 fully saturated rings. The highest BCUT2D eigenvalue weighted by Gasteiger charge is 2.22. The van der Waals surface area contributed by atoms with Crippen molar-refractivity contribution in [1.29, 1.82) is 0 Å². The van der Waals surface area contributed by atoms with Crippen molar-refractivity contribution in [2.75, 3.05) is 11.9 Å². The van der Waals surface area contributed by atoms with Crippen molar-refractivity contribution in [3.63, 3.8) is 0 Å². The van der Waals surface area contributed by atoms with Crippen LogP contribution in [0.2, 0.25) is 0 Å². The molecule has 1 aliphatic rings. The smallest absolute Gasteiger partial charge is 0.194 e. The van der Waals surface area contributed by atoms with Gasteiger partial charge in [0.05, 0.1) is 12.0 Å². The third-order valence-electron chi connectivity index (χ3n) is 3.87. The number of aromatic nitrogens is 4. The maximum absolute atomic E-state index is 13.9. The monoisotopic (exact) mass is 461 g/mol. The normalized spacial score (nSPS) is 17.4. The lowest BCUT2D eigenvalue weighted by molar-refractivity contribution is 0.0592. The summed E-state index contributed by atoms with van der Waals surface area (Å²) < 4.78 is 48.2. The lowest BCUT2D eigenvalue weighted by Gasteiger charge is -2.12. The zero-order valence-corrected chi connectivity index (χ0v) is 14.8. The van der Waals surface area contributed by atoms with Crippen LogP contribution in [0.1, 0.15) is 19.1 Å². The Kier molecular flexibility index (Phi) is 4.23. The lowest BCUT2D eigenvalue weighted by Crippen LogP contribution is -2.08. The van der Waals surface area contributed by atoms with Crippen molar-refractivity contribution in [2.45, 2.75) is 19.1 Å². The Morgan fingerprint density at radius 2 is 1.96 bits per heavy atom. The molecule has 1 N–H and O–H groups in total. The predicted octanol–water partition coefficient (Wildman–Crippen LogP) is 3.90. The van der Waals surface area contributed by atoms with Crippen molar-refractivity contribution in [1.82, 2.24) is 19.5 Å². The zero-order valence-electron chi connectivity index (χ0n) is 12.6. The van der Waals surface area contributed by atoms with Gasteiger partial charge in [0.15, 0.2) is 32.4 Å². The highest BCUT2D eigenvalue weighted by Crippen LogP contribution is 2.30. The summed E-state index contributed by atoms with van der Waals surface area (Å²) in [6.45, 7) is 0.664. The second-order valence-electron chi connectivity index (χ2n) is 5.50. The Hall–Kier alpha value is -1.95. The summed E-state index contributed by atoms with van der Waals surface area (Å²) in [6.07, 6.45) is 3.20. The van der Waals surface area contributed by atoms with Crippen LogP contribution >= 0.6 is 22.6 Å². The van der Waals surface area contributed by atoms with Crippen LogP contribution in [0.3, 0.4) is 0 Å². The van der Waals surface area contributed by atoms with Crippen LogP contribution in [0.5, 0.6) is 0 Å². The molecule has 4 rings (SSSR count). The number of nitrogens with zero attached hydrogens (tertiary/aromatic N) is 4. The molecular weight excluding hydrogens is 450 g/mol. The molecule has 1 aliphatic heterocycles. The average molecular weight is 461 g/mol. The molecule has 0 saturated carbocycles. The van der Waals surface area contributed by atoms with Gasteiger partial charge in [-0.05, 0) is 12.8 Å². The van der Waals surface area contributed by atoms with Gasteiger partial charge in [0.25, 0.3) is 0 Å². The van der Waals surface area contributed by atoms with Gasteiger partial charge in [-0.15, -0.1) is 0 Å². The van der Waals surface area contributed by atoms with E-state index < -0.39 is 17.5 Å². The molecule has 6 nitrogen and oxygen atoms in total. The first-order valence-electron chi connectivity index (χ1n) is 7.46. The van der Waals surface area contributed by atoms with Crippen LogP contribution in [0.4, 0.5) is 24.7 Å². The fraction of sp³-hybridized carbons (Fsp3) is 0.267. The quantitative estimate of drug-likeness (QED) is 0.364. The van der Waals surface area contributed by atoms with Gasteiger partial charge in [-0.25, -0.2) is 28.1 Å². The van der Waals surface area contributed by atoms with Crippen molar-refractivity contribution in [2.24, 2.45) is 0 Å². The highest BCUT2D eigenvalue weighted by molar-refractivity contribution is 14.1. The summed E-state index contributed by atoms with van der Waals surface area (Å²) in [6, 6.07) is 1.22. The minimum absolute atomic E-state index is 0.163. The van der Waals surface area contributed by atoms with E-state index in [9.17, 15) is 13.2 Å². The number of ether oxygens (including phenoxy) is 1. The molecule has 1 unspecified atom stereocenters. The van der Waals surface area contributed by atoms with E-state index >= 15 is 0 Å². The Labute approximate surface area is 153 Å². The number of hydrogen-bond donors (Lipinski definition) is 1. The van der Waals surface area contributed by atoms with E-state index in [0.717, 1.165) is 18.9 Å². The maximum Gasteiger partial charge on any atom is 0.194 e. The molecule has 0 spiro atoms. The molecule has 3 aromatic rings. The van der Waals surface area contributed by atoms with Crippen molar-refractivity contribution in [3.05, 3.63) is 39.7 Å². The predicted molar refractivity (Wildman–Crippen MR) is 91.9 cm³/mol. The molecule has 0 radical (unpaired) electrons. The average Bonchev–Trinajstić information content (AvgIpc) is 3.21. The Morgan fingerprint density at radius 1 is 1.16 bits per heavy atom. The fourth-order valence-electron chi connectivity index (χ4n) is 2.71. The first kappa shape index (κ1) is 16.5. The van der Waals surface area contributed by atoms with E-state index in [1.165, 1.54) is 0 Å². The number of anilines is 2.